The molecule has 1 aromatic heterocycles. The Bertz CT molecular complexity index is 600. The number of tetrazole rings is 1. The number of carbonyl (C=O) groups is 1. The number of carboxylic acids is 1. The summed E-state index contributed by atoms with van der Waals surface area (Å²) in [5.41, 5.74) is 0.772. The maximum absolute atomic E-state index is 11.0. The summed E-state index contributed by atoms with van der Waals surface area (Å²) in [6.07, 6.45) is 1.55. The molecule has 20 heavy (non-hydrogen) atoms. The van der Waals surface area contributed by atoms with Crippen molar-refractivity contribution in [2.75, 3.05) is 0 Å². The van der Waals surface area contributed by atoms with Gasteiger partial charge in [0.05, 0.1) is 12.5 Å². The average Bonchev–Trinajstić information content (AvgIpc) is 2.86. The molecule has 0 aliphatic carbocycles. The zero-order chi connectivity index (χ0) is 14.5. The van der Waals surface area contributed by atoms with Crippen LogP contribution in [0.4, 0.5) is 0 Å². The van der Waals surface area contributed by atoms with E-state index in [0.29, 0.717) is 17.3 Å². The number of aromatic nitrogens is 4. The number of carboxylic acid groups (broad SMARTS) is 1. The van der Waals surface area contributed by atoms with Crippen LogP contribution in [0, 0.1) is 0 Å². The number of aliphatic carboxylic acids is 1. The Morgan fingerprint density at radius 3 is 2.95 bits per heavy atom. The molecule has 1 unspecified atom stereocenters. The summed E-state index contributed by atoms with van der Waals surface area (Å²) in [5, 5.41) is 21.2. The summed E-state index contributed by atoms with van der Waals surface area (Å²) < 4.78 is 1.57. The Balaban J connectivity index is 2.37. The van der Waals surface area contributed by atoms with Crippen molar-refractivity contribution in [3.05, 3.63) is 29.3 Å². The van der Waals surface area contributed by atoms with E-state index >= 15 is 0 Å². The van der Waals surface area contributed by atoms with Crippen molar-refractivity contribution in [2.45, 2.75) is 32.2 Å². The van der Waals surface area contributed by atoms with Gasteiger partial charge < -0.3 is 5.11 Å². The maximum atomic E-state index is 11.0. The lowest BCUT2D eigenvalue weighted by Gasteiger charge is -2.15. The van der Waals surface area contributed by atoms with Crippen LogP contribution in [0.25, 0.3) is 11.4 Å². The third-order valence-corrected chi connectivity index (χ3v) is 3.19. The molecule has 0 saturated heterocycles. The quantitative estimate of drug-likeness (QED) is 0.886. The minimum atomic E-state index is -0.865. The predicted octanol–water partition coefficient (Wildman–Crippen LogP) is 2.81. The fraction of sp³-hybridized carbons (Fsp3) is 0.385. The van der Waals surface area contributed by atoms with E-state index in [4.69, 9.17) is 16.7 Å². The van der Waals surface area contributed by atoms with Gasteiger partial charge in [-0.25, -0.2) is 4.68 Å². The number of benzene rings is 1. The van der Waals surface area contributed by atoms with E-state index in [9.17, 15) is 4.79 Å². The monoisotopic (exact) mass is 294 g/mol. The summed E-state index contributed by atoms with van der Waals surface area (Å²) in [7, 11) is 0. The van der Waals surface area contributed by atoms with E-state index in [0.717, 1.165) is 12.0 Å². The van der Waals surface area contributed by atoms with E-state index in [1.165, 1.54) is 0 Å². The number of halogens is 1. The maximum Gasteiger partial charge on any atom is 0.305 e. The highest BCUT2D eigenvalue weighted by atomic mass is 35.5. The third kappa shape index (κ3) is 3.33. The molecule has 0 amide bonds. The largest absolute Gasteiger partial charge is 0.481 e. The van der Waals surface area contributed by atoms with E-state index in [-0.39, 0.29) is 12.5 Å². The van der Waals surface area contributed by atoms with E-state index < -0.39 is 5.97 Å². The van der Waals surface area contributed by atoms with Crippen molar-refractivity contribution in [3.8, 4) is 11.4 Å². The molecule has 1 atom stereocenters. The van der Waals surface area contributed by atoms with Crippen molar-refractivity contribution < 1.29 is 9.90 Å². The lowest BCUT2D eigenvalue weighted by molar-refractivity contribution is -0.138. The highest BCUT2D eigenvalue weighted by molar-refractivity contribution is 6.30. The van der Waals surface area contributed by atoms with Crippen molar-refractivity contribution in [1.82, 2.24) is 20.2 Å². The molecule has 0 fully saturated rings. The van der Waals surface area contributed by atoms with Gasteiger partial charge in [-0.15, -0.1) is 5.10 Å². The summed E-state index contributed by atoms with van der Waals surface area (Å²) in [6.45, 7) is 2.00. The van der Waals surface area contributed by atoms with Gasteiger partial charge in [0.1, 0.15) is 0 Å². The van der Waals surface area contributed by atoms with Gasteiger partial charge in [-0.2, -0.15) is 0 Å². The number of hydrogen-bond donors (Lipinski definition) is 1. The lowest BCUT2D eigenvalue weighted by atomic mass is 10.1. The van der Waals surface area contributed by atoms with Crippen LogP contribution in [0.3, 0.4) is 0 Å². The predicted molar refractivity (Wildman–Crippen MR) is 74.5 cm³/mol. The van der Waals surface area contributed by atoms with E-state index in [1.807, 2.05) is 19.1 Å². The second-order valence-electron chi connectivity index (χ2n) is 4.50. The van der Waals surface area contributed by atoms with Crippen LogP contribution in [-0.2, 0) is 4.79 Å². The van der Waals surface area contributed by atoms with Crippen LogP contribution in [-0.4, -0.2) is 31.3 Å². The SMILES string of the molecule is CCCC(CC(=O)O)n1nnnc1-c1cccc(Cl)c1. The molecule has 0 aliphatic heterocycles. The summed E-state index contributed by atoms with van der Waals surface area (Å²) in [6, 6.07) is 6.91. The first-order valence-corrected chi connectivity index (χ1v) is 6.75. The Morgan fingerprint density at radius 2 is 2.30 bits per heavy atom. The normalized spacial score (nSPS) is 12.3. The fourth-order valence-corrected chi connectivity index (χ4v) is 2.29. The molecule has 0 bridgehead atoms. The number of rotatable bonds is 6. The zero-order valence-corrected chi connectivity index (χ0v) is 11.8. The van der Waals surface area contributed by atoms with Gasteiger partial charge in [0, 0.05) is 10.6 Å². The summed E-state index contributed by atoms with van der Waals surface area (Å²) >= 11 is 5.97. The number of nitrogens with zero attached hydrogens (tertiary/aromatic N) is 4. The van der Waals surface area contributed by atoms with E-state index in [2.05, 4.69) is 15.5 Å². The molecule has 0 aliphatic rings. The first-order valence-electron chi connectivity index (χ1n) is 6.37. The molecule has 2 rings (SSSR count). The van der Waals surface area contributed by atoms with Crippen LogP contribution in [0.2, 0.25) is 5.02 Å². The third-order valence-electron chi connectivity index (χ3n) is 2.95. The van der Waals surface area contributed by atoms with Gasteiger partial charge in [-0.3, -0.25) is 4.79 Å². The summed E-state index contributed by atoms with van der Waals surface area (Å²) in [5.74, 6) is -0.330. The Labute approximate surface area is 121 Å². The standard InChI is InChI=1S/C13H15ClN4O2/c1-2-4-11(8-12(19)20)18-13(15-16-17-18)9-5-3-6-10(14)7-9/h3,5-7,11H,2,4,8H2,1H3,(H,19,20). The Kier molecular flexibility index (Phi) is 4.68. The molecule has 1 aromatic carbocycles. The molecule has 6 nitrogen and oxygen atoms in total. The van der Waals surface area contributed by atoms with Crippen molar-refractivity contribution >= 4 is 17.6 Å². The van der Waals surface area contributed by atoms with Gasteiger partial charge in [-0.05, 0) is 29.0 Å². The van der Waals surface area contributed by atoms with Crippen LogP contribution in [0.1, 0.15) is 32.2 Å². The second kappa shape index (κ2) is 6.47. The highest BCUT2D eigenvalue weighted by Gasteiger charge is 2.20. The van der Waals surface area contributed by atoms with Crippen LogP contribution >= 0.6 is 11.6 Å². The summed E-state index contributed by atoms with van der Waals surface area (Å²) in [4.78, 5) is 11.0. The van der Waals surface area contributed by atoms with Crippen molar-refractivity contribution in [3.63, 3.8) is 0 Å². The molecule has 1 N–H and O–H groups in total. The van der Waals surface area contributed by atoms with Crippen LogP contribution in [0.15, 0.2) is 24.3 Å². The first-order chi connectivity index (χ1) is 9.61. The van der Waals surface area contributed by atoms with Crippen molar-refractivity contribution in [2.24, 2.45) is 0 Å². The molecule has 106 valence electrons. The second-order valence-corrected chi connectivity index (χ2v) is 4.93. The molecule has 0 radical (unpaired) electrons. The minimum absolute atomic E-state index is 0.00749. The minimum Gasteiger partial charge on any atom is -0.481 e. The molecular weight excluding hydrogens is 280 g/mol. The van der Waals surface area contributed by atoms with Gasteiger partial charge >= 0.3 is 5.97 Å². The Hall–Kier alpha value is -1.95. The van der Waals surface area contributed by atoms with E-state index in [1.54, 1.807) is 16.8 Å². The fourth-order valence-electron chi connectivity index (χ4n) is 2.10. The van der Waals surface area contributed by atoms with Gasteiger partial charge in [-0.1, -0.05) is 37.1 Å². The van der Waals surface area contributed by atoms with Gasteiger partial charge in [0.25, 0.3) is 0 Å². The molecule has 1 heterocycles. The van der Waals surface area contributed by atoms with Crippen LogP contribution < -0.4 is 0 Å². The van der Waals surface area contributed by atoms with Crippen molar-refractivity contribution in [1.29, 1.82) is 0 Å². The molecule has 0 saturated carbocycles. The highest BCUT2D eigenvalue weighted by Crippen LogP contribution is 2.25. The van der Waals surface area contributed by atoms with Crippen LogP contribution in [0.5, 0.6) is 0 Å². The molecular formula is C13H15ClN4O2. The molecule has 2 aromatic rings. The lowest BCUT2D eigenvalue weighted by Crippen LogP contribution is -2.16. The molecule has 7 heteroatoms. The topological polar surface area (TPSA) is 80.9 Å². The zero-order valence-electron chi connectivity index (χ0n) is 11.0. The molecule has 0 spiro atoms. The number of hydrogen-bond acceptors (Lipinski definition) is 4. The smallest absolute Gasteiger partial charge is 0.305 e. The average molecular weight is 295 g/mol. The first kappa shape index (κ1) is 14.5. The van der Waals surface area contributed by atoms with Gasteiger partial charge in [0.2, 0.25) is 0 Å². The Morgan fingerprint density at radius 1 is 1.50 bits per heavy atom. The van der Waals surface area contributed by atoms with Gasteiger partial charge in [0.15, 0.2) is 5.82 Å².